The van der Waals surface area contributed by atoms with Crippen LogP contribution < -0.4 is 9.64 Å². The van der Waals surface area contributed by atoms with E-state index in [-0.39, 0.29) is 23.8 Å². The van der Waals surface area contributed by atoms with Gasteiger partial charge in [-0.15, -0.1) is 13.2 Å². The zero-order valence-electron chi connectivity index (χ0n) is 29.7. The second-order valence-corrected chi connectivity index (χ2v) is 14.3. The number of halogens is 3. The average Bonchev–Trinajstić information content (AvgIpc) is 3.39. The van der Waals surface area contributed by atoms with E-state index in [4.69, 9.17) is 4.98 Å². The number of hydrogen-bond acceptors (Lipinski definition) is 6. The van der Waals surface area contributed by atoms with Crippen LogP contribution in [0.2, 0.25) is 0 Å². The molecule has 0 atom stereocenters. The monoisotopic (exact) mass is 725 g/mol. The summed E-state index contributed by atoms with van der Waals surface area (Å²) in [6.45, 7) is 7.29. The zero-order chi connectivity index (χ0) is 36.9. The summed E-state index contributed by atoms with van der Waals surface area (Å²) >= 11 is 0. The third kappa shape index (κ3) is 6.80. The molecule has 0 unspecified atom stereocenters. The number of benzene rings is 3. The van der Waals surface area contributed by atoms with Crippen molar-refractivity contribution >= 4 is 39.4 Å². The Hall–Kier alpha value is -5.10. The highest BCUT2D eigenvalue weighted by atomic mass is 19.4. The van der Waals surface area contributed by atoms with Crippen molar-refractivity contribution in [2.75, 3.05) is 50.7 Å². The Morgan fingerprint density at radius 3 is 2.40 bits per heavy atom. The van der Waals surface area contributed by atoms with Crippen LogP contribution in [0.4, 0.5) is 18.9 Å². The molecule has 0 spiro atoms. The summed E-state index contributed by atoms with van der Waals surface area (Å²) in [5, 5.41) is 11.9. The number of nitrogens with zero attached hydrogens (tertiary/aromatic N) is 5. The van der Waals surface area contributed by atoms with E-state index in [1.54, 1.807) is 24.3 Å². The Morgan fingerprint density at radius 2 is 1.66 bits per heavy atom. The summed E-state index contributed by atoms with van der Waals surface area (Å²) in [6.07, 6.45) is 0.723. The number of rotatable bonds is 7. The summed E-state index contributed by atoms with van der Waals surface area (Å²) in [7, 11) is 0. The molecule has 53 heavy (non-hydrogen) atoms. The van der Waals surface area contributed by atoms with Crippen molar-refractivity contribution in [3.63, 3.8) is 0 Å². The quantitative estimate of drug-likeness (QED) is 0.181. The Balaban J connectivity index is 1.29. The summed E-state index contributed by atoms with van der Waals surface area (Å²) in [6, 6.07) is 19.0. The number of aromatic nitrogens is 2. The Bertz CT molecular complexity index is 2200. The van der Waals surface area contributed by atoms with Crippen molar-refractivity contribution in [2.24, 2.45) is 0 Å². The predicted molar refractivity (Wildman–Crippen MR) is 198 cm³/mol. The number of pyridine rings is 1. The lowest BCUT2D eigenvalue weighted by Crippen LogP contribution is -2.51. The molecule has 2 fully saturated rings. The molecule has 1 amide bonds. The van der Waals surface area contributed by atoms with Crippen molar-refractivity contribution in [1.29, 1.82) is 0 Å². The van der Waals surface area contributed by atoms with E-state index in [1.165, 1.54) is 30.2 Å². The van der Waals surface area contributed by atoms with Crippen LogP contribution in [0.15, 0.2) is 66.7 Å². The molecule has 1 saturated heterocycles. The van der Waals surface area contributed by atoms with Crippen LogP contribution in [0.25, 0.3) is 44.3 Å². The number of likely N-dealkylation sites (N-methyl/N-ethyl adjacent to an activating group) is 1. The maximum Gasteiger partial charge on any atom is 0.573 e. The van der Waals surface area contributed by atoms with Gasteiger partial charge in [-0.1, -0.05) is 44.4 Å². The number of piperazine rings is 1. The number of aromatic carboxylic acids is 1. The minimum atomic E-state index is -4.81. The Morgan fingerprint density at radius 1 is 0.887 bits per heavy atom. The number of carboxylic acid groups (broad SMARTS) is 1. The van der Waals surface area contributed by atoms with Crippen LogP contribution in [0.5, 0.6) is 5.75 Å². The van der Waals surface area contributed by atoms with Crippen molar-refractivity contribution in [2.45, 2.75) is 57.9 Å². The number of fused-ring (bicyclic) bond motifs is 7. The van der Waals surface area contributed by atoms with Gasteiger partial charge < -0.3 is 29.1 Å². The number of carboxylic acids is 1. The van der Waals surface area contributed by atoms with Gasteiger partial charge in [0.25, 0.3) is 0 Å². The van der Waals surface area contributed by atoms with Crippen LogP contribution in [0.1, 0.15) is 60.9 Å². The topological polar surface area (TPSA) is 91.1 Å². The van der Waals surface area contributed by atoms with E-state index < -0.39 is 12.3 Å². The van der Waals surface area contributed by atoms with Crippen molar-refractivity contribution in [3.05, 3.63) is 77.9 Å². The van der Waals surface area contributed by atoms with E-state index in [0.717, 1.165) is 78.6 Å². The molecular weight excluding hydrogens is 683 g/mol. The lowest BCUT2D eigenvalue weighted by Gasteiger charge is -2.36. The van der Waals surface area contributed by atoms with Gasteiger partial charge in [-0.3, -0.25) is 4.79 Å². The van der Waals surface area contributed by atoms with Gasteiger partial charge in [-0.05, 0) is 79.4 Å². The molecule has 12 heteroatoms. The van der Waals surface area contributed by atoms with E-state index in [1.807, 2.05) is 23.1 Å². The van der Waals surface area contributed by atoms with E-state index >= 15 is 0 Å². The first-order chi connectivity index (χ1) is 25.6. The van der Waals surface area contributed by atoms with E-state index in [9.17, 15) is 27.9 Å². The fourth-order valence-electron chi connectivity index (χ4n) is 8.64. The van der Waals surface area contributed by atoms with E-state index in [2.05, 4.69) is 32.1 Å². The zero-order valence-corrected chi connectivity index (χ0v) is 29.7. The summed E-state index contributed by atoms with van der Waals surface area (Å²) in [5.74, 6) is -0.949. The molecule has 1 aliphatic carbocycles. The molecule has 9 nitrogen and oxygen atoms in total. The average molecular weight is 726 g/mol. The van der Waals surface area contributed by atoms with Gasteiger partial charge in [0, 0.05) is 66.7 Å². The van der Waals surface area contributed by atoms with Crippen LogP contribution >= 0.6 is 0 Å². The summed E-state index contributed by atoms with van der Waals surface area (Å²) in [5.41, 5.74) is 6.86. The number of carbonyl (C=O) groups is 2. The molecule has 3 aromatic carbocycles. The van der Waals surface area contributed by atoms with Gasteiger partial charge in [-0.2, -0.15) is 0 Å². The smallest absolute Gasteiger partial charge is 0.478 e. The maximum atomic E-state index is 14.0. The molecule has 1 N–H and O–H groups in total. The van der Waals surface area contributed by atoms with Crippen molar-refractivity contribution in [3.8, 4) is 28.3 Å². The Kier molecular flexibility index (Phi) is 9.26. The SMILES string of the molecule is CCN1CCN(C(=O)CN2CCn3c(c(C4CCCCC4)c4ccc(C(=O)O)cc43)-c3ccc4nc(-c5cccc(OC(F)(F)F)c5)ccc4c32)CC1. The second kappa shape index (κ2) is 14.0. The molecule has 2 aromatic heterocycles. The largest absolute Gasteiger partial charge is 0.573 e. The number of alkyl halides is 3. The van der Waals surface area contributed by atoms with Gasteiger partial charge in [0.1, 0.15) is 5.75 Å². The normalized spacial score (nSPS) is 17.1. The number of anilines is 1. The first-order valence-electron chi connectivity index (χ1n) is 18.5. The minimum Gasteiger partial charge on any atom is -0.478 e. The number of ether oxygens (including phenoxy) is 1. The van der Waals surface area contributed by atoms with E-state index in [0.29, 0.717) is 48.9 Å². The molecular formula is C41H42F3N5O4. The van der Waals surface area contributed by atoms with Crippen LogP contribution in [0, 0.1) is 0 Å². The molecule has 0 bridgehead atoms. The standard InChI is InChI=1S/C41H42F3N5O4/c1-2-46-17-19-47(20-18-46)36(50)25-48-21-22-49-35-24-28(40(51)52)11-12-31(35)37(26-7-4-3-5-8-26)39(49)32-14-16-34-30(38(32)48)13-15-33(45-34)27-9-6-10-29(23-27)53-41(42,43)44/h6,9-16,23-24,26H,2-5,7-8,17-22,25H2,1H3,(H,51,52). The molecule has 4 heterocycles. The van der Waals surface area contributed by atoms with Gasteiger partial charge in [0.15, 0.2) is 0 Å². The lowest BCUT2D eigenvalue weighted by molar-refractivity contribution is -0.274. The Labute approximate surface area is 305 Å². The second-order valence-electron chi connectivity index (χ2n) is 14.3. The summed E-state index contributed by atoms with van der Waals surface area (Å²) in [4.78, 5) is 37.6. The van der Waals surface area contributed by atoms with Crippen LogP contribution in [-0.4, -0.2) is 88.5 Å². The highest BCUT2D eigenvalue weighted by Crippen LogP contribution is 2.49. The van der Waals surface area contributed by atoms with Crippen LogP contribution in [-0.2, 0) is 11.3 Å². The molecule has 2 aliphatic heterocycles. The predicted octanol–water partition coefficient (Wildman–Crippen LogP) is 8.15. The molecule has 3 aliphatic rings. The van der Waals surface area contributed by atoms with Crippen molar-refractivity contribution < 1.29 is 32.6 Å². The first kappa shape index (κ1) is 35.0. The molecule has 0 radical (unpaired) electrons. The molecule has 5 aromatic rings. The fraction of sp³-hybridized carbons (Fsp3) is 0.390. The maximum absolute atomic E-state index is 14.0. The van der Waals surface area contributed by atoms with Gasteiger partial charge in [0.05, 0.1) is 34.7 Å². The highest BCUT2D eigenvalue weighted by molar-refractivity contribution is 6.06. The lowest BCUT2D eigenvalue weighted by atomic mass is 9.81. The number of amides is 1. The third-order valence-electron chi connectivity index (χ3n) is 11.2. The van der Waals surface area contributed by atoms with Gasteiger partial charge >= 0.3 is 12.3 Å². The molecule has 8 rings (SSSR count). The highest BCUT2D eigenvalue weighted by Gasteiger charge is 2.34. The number of carbonyl (C=O) groups excluding carboxylic acids is 1. The van der Waals surface area contributed by atoms with Gasteiger partial charge in [-0.25, -0.2) is 9.78 Å². The van der Waals surface area contributed by atoms with Crippen LogP contribution in [0.3, 0.4) is 0 Å². The third-order valence-corrected chi connectivity index (χ3v) is 11.2. The van der Waals surface area contributed by atoms with Gasteiger partial charge in [0.2, 0.25) is 5.91 Å². The summed E-state index contributed by atoms with van der Waals surface area (Å²) < 4.78 is 45.5. The molecule has 1 saturated carbocycles. The first-order valence-corrected chi connectivity index (χ1v) is 18.5. The fourth-order valence-corrected chi connectivity index (χ4v) is 8.64. The minimum absolute atomic E-state index is 0.0480. The van der Waals surface area contributed by atoms with Crippen molar-refractivity contribution in [1.82, 2.24) is 19.4 Å². The molecule has 276 valence electrons. The number of hydrogen-bond donors (Lipinski definition) is 1.